The molecule has 5 aromatic rings. The summed E-state index contributed by atoms with van der Waals surface area (Å²) < 4.78 is 43.6. The highest BCUT2D eigenvalue weighted by molar-refractivity contribution is 6.36. The van der Waals surface area contributed by atoms with Gasteiger partial charge >= 0.3 is 11.9 Å². The Morgan fingerprint density at radius 2 is 1.67 bits per heavy atom. The lowest BCUT2D eigenvalue weighted by Crippen LogP contribution is -2.52. The van der Waals surface area contributed by atoms with Crippen molar-refractivity contribution in [3.05, 3.63) is 129 Å². The van der Waals surface area contributed by atoms with Crippen molar-refractivity contribution < 1.29 is 42.2 Å². The lowest BCUT2D eigenvalue weighted by atomic mass is 10.0. The number of nitrogens with one attached hydrogen (secondary N) is 2. The van der Waals surface area contributed by atoms with Gasteiger partial charge in [-0.2, -0.15) is 24.0 Å². The van der Waals surface area contributed by atoms with Gasteiger partial charge in [-0.05, 0) is 86.1 Å². The van der Waals surface area contributed by atoms with Crippen LogP contribution >= 0.6 is 23.2 Å². The van der Waals surface area contributed by atoms with Crippen molar-refractivity contribution in [2.45, 2.75) is 76.7 Å². The molecule has 4 aromatic carbocycles. The van der Waals surface area contributed by atoms with E-state index in [2.05, 4.69) is 57.2 Å². The summed E-state index contributed by atoms with van der Waals surface area (Å²) >= 11 is 13.1. The Hall–Kier alpha value is -7.40. The Morgan fingerprint density at radius 1 is 0.908 bits per heavy atom. The van der Waals surface area contributed by atoms with E-state index in [1.165, 1.54) is 30.0 Å². The number of carbonyl (C=O) groups excluding carboxylic acids is 5. The molecule has 0 aliphatic carbocycles. The van der Waals surface area contributed by atoms with Gasteiger partial charge < -0.3 is 39.3 Å². The lowest BCUT2D eigenvalue weighted by molar-refractivity contribution is -0.147. The van der Waals surface area contributed by atoms with E-state index >= 15 is 8.78 Å². The smallest absolute Gasteiger partial charge is 0.349 e. The summed E-state index contributed by atoms with van der Waals surface area (Å²) in [6.07, 6.45) is 3.12. The predicted octanol–water partition coefficient (Wildman–Crippen LogP) is 6.96. The molecule has 5 aliphatic rings. The average Bonchev–Trinajstić information content (AvgIpc) is 4.00. The third-order valence-electron chi connectivity index (χ3n) is 14.5. The topological polar surface area (TPSA) is 194 Å². The van der Waals surface area contributed by atoms with Gasteiger partial charge in [-0.15, -0.1) is 0 Å². The van der Waals surface area contributed by atoms with Crippen LogP contribution in [0, 0.1) is 11.3 Å². The zero-order valence-corrected chi connectivity index (χ0v) is 43.6. The van der Waals surface area contributed by atoms with Gasteiger partial charge in [0.15, 0.2) is 0 Å². The molecule has 21 heteroatoms. The van der Waals surface area contributed by atoms with Crippen molar-refractivity contribution in [1.82, 2.24) is 35.3 Å². The number of likely N-dealkylation sites (N-methyl/N-ethyl adjacent to an activating group) is 1. The number of rotatable bonds is 14. The number of piperidine rings is 1. The second-order valence-electron chi connectivity index (χ2n) is 19.3. The number of halogens is 4. The Labute approximate surface area is 448 Å². The molecule has 76 heavy (non-hydrogen) atoms. The van der Waals surface area contributed by atoms with Crippen LogP contribution in [-0.4, -0.2) is 126 Å². The minimum atomic E-state index is -4.02. The molecule has 2 atom stereocenters. The fourth-order valence-corrected chi connectivity index (χ4v) is 10.8. The number of likely N-dealkylation sites (tertiary alicyclic amines) is 1. The molecule has 2 unspecified atom stereocenters. The number of ether oxygens (including phenoxy) is 2. The Morgan fingerprint density at radius 3 is 2.41 bits per heavy atom. The number of nitriles is 1. The molecule has 5 amide bonds. The molecule has 10 rings (SSSR count). The molecule has 3 saturated heterocycles. The van der Waals surface area contributed by atoms with E-state index < -0.39 is 35.2 Å². The van der Waals surface area contributed by atoms with Crippen LogP contribution in [0.5, 0.6) is 11.8 Å². The summed E-state index contributed by atoms with van der Waals surface area (Å²) in [7, 11) is 2.10. The maximum Gasteiger partial charge on any atom is 0.349 e. The molecule has 6 heterocycles. The highest BCUT2D eigenvalue weighted by atomic mass is 35.5. The largest absolute Gasteiger partial charge is 0.487 e. The normalized spacial score (nSPS) is 18.6. The molecular weight excluding hydrogens is 1020 g/mol. The average molecular weight is 1080 g/mol. The van der Waals surface area contributed by atoms with Crippen molar-refractivity contribution in [2.24, 2.45) is 0 Å². The van der Waals surface area contributed by atoms with E-state index in [1.54, 1.807) is 17.0 Å². The van der Waals surface area contributed by atoms with E-state index in [9.17, 15) is 24.0 Å². The third-order valence-corrected chi connectivity index (χ3v) is 15.1. The van der Waals surface area contributed by atoms with E-state index in [4.69, 9.17) is 47.9 Å². The van der Waals surface area contributed by atoms with Gasteiger partial charge in [0.25, 0.3) is 17.7 Å². The number of benzene rings is 4. The summed E-state index contributed by atoms with van der Waals surface area (Å²) in [5, 5.41) is 14.6. The van der Waals surface area contributed by atoms with Crippen LogP contribution in [0.3, 0.4) is 0 Å². The molecule has 396 valence electrons. The summed E-state index contributed by atoms with van der Waals surface area (Å²) in [4.78, 5) is 83.7. The molecule has 2 N–H and O–H groups in total. The number of aromatic nitrogens is 2. The predicted molar refractivity (Wildman–Crippen MR) is 281 cm³/mol. The number of nitrogens with zero attached hydrogens (tertiary/aromatic N) is 8. The molecule has 0 spiro atoms. The molecule has 0 bridgehead atoms. The minimum absolute atomic E-state index is 0.0105. The molecule has 17 nitrogen and oxygen atoms in total. The molecule has 0 radical (unpaired) electrons. The van der Waals surface area contributed by atoms with Crippen molar-refractivity contribution in [3.63, 3.8) is 0 Å². The molecule has 3 fully saturated rings. The summed E-state index contributed by atoms with van der Waals surface area (Å²) in [5.41, 5.74) is 3.70. The van der Waals surface area contributed by atoms with Gasteiger partial charge in [0.1, 0.15) is 30.8 Å². The first-order valence-electron chi connectivity index (χ1n) is 25.1. The quantitative estimate of drug-likeness (QED) is 0.0858. The van der Waals surface area contributed by atoms with Crippen molar-refractivity contribution in [2.75, 3.05) is 69.3 Å². The highest BCUT2D eigenvalue weighted by Gasteiger charge is 2.42. The van der Waals surface area contributed by atoms with Gasteiger partial charge in [-0.1, -0.05) is 72.2 Å². The second kappa shape index (κ2) is 22.8. The molecular formula is C55H56Cl2F2N10O7. The fourth-order valence-electron chi connectivity index (χ4n) is 10.4. The first-order chi connectivity index (χ1) is 36.5. The fraction of sp³-hybridized carbons (Fsp3) is 0.382. The number of amides is 5. The van der Waals surface area contributed by atoms with Gasteiger partial charge in [0.2, 0.25) is 11.8 Å². The number of anilines is 2. The van der Waals surface area contributed by atoms with Gasteiger partial charge in [-0.3, -0.25) is 29.3 Å². The van der Waals surface area contributed by atoms with Crippen LogP contribution in [0.15, 0.2) is 84.9 Å². The van der Waals surface area contributed by atoms with Crippen LogP contribution in [0.2, 0.25) is 10.0 Å². The zero-order valence-electron chi connectivity index (χ0n) is 42.1. The van der Waals surface area contributed by atoms with Crippen LogP contribution in [0.25, 0.3) is 10.8 Å². The number of alkyl halides is 2. The Bertz CT molecular complexity index is 3160. The number of hydrogen-bond acceptors (Lipinski definition) is 13. The highest BCUT2D eigenvalue weighted by Crippen LogP contribution is 2.39. The number of fused-ring (bicyclic) bond motifs is 3. The number of carbonyl (C=O) groups is 5. The van der Waals surface area contributed by atoms with Crippen molar-refractivity contribution >= 4 is 75.0 Å². The Balaban J connectivity index is 0.00000230. The first kappa shape index (κ1) is 53.4. The van der Waals surface area contributed by atoms with E-state index in [-0.39, 0.29) is 66.7 Å². The molecule has 5 aliphatic heterocycles. The minimum Gasteiger partial charge on any atom is -0.487 e. The van der Waals surface area contributed by atoms with E-state index in [0.29, 0.717) is 80.0 Å². The van der Waals surface area contributed by atoms with Crippen LogP contribution in [-0.2, 0) is 51.2 Å². The molecule has 0 saturated carbocycles. The van der Waals surface area contributed by atoms with Crippen LogP contribution in [0.1, 0.15) is 70.9 Å². The van der Waals surface area contributed by atoms with Gasteiger partial charge in [0, 0.05) is 98.5 Å². The maximum atomic E-state index is 15.7. The summed E-state index contributed by atoms with van der Waals surface area (Å²) in [6.45, 7) is 9.22. The van der Waals surface area contributed by atoms with Gasteiger partial charge in [0.05, 0.1) is 28.4 Å². The lowest BCUT2D eigenvalue weighted by Gasteiger charge is -2.38. The standard InChI is InChI=1S/C53H53Cl2F2N9O7.C2H3N/c1-31(29-72-44-25-35(12-14-39(44)54)53(56,57)51(71)58-26-32-11-13-37-34(24-32)27-66(50(37)70)43-15-16-45(67)60-48(43)68)49(69)64-22-20-63(21-23-64)47-38-17-19-65(42-10-4-7-33-6-3-9-40(55)46(33)42)28-41(38)59-52(61-47)73-30-36-8-5-18-62(36)2;1-2-3/h3-4,6-7,9-14,24-25,36,43H,1,5,8,15-23,26-30H2,2H3,(H,58,71)(H,60,67,68);1H3. The zero-order chi connectivity index (χ0) is 53.8. The van der Waals surface area contributed by atoms with Crippen LogP contribution < -0.4 is 29.9 Å². The van der Waals surface area contributed by atoms with E-state index in [1.807, 2.05) is 18.2 Å². The SMILES string of the molecule is C=C(COc1cc(C(F)(F)C(=O)NCc2ccc3c(c2)CN(C2CCC(=O)NC2=O)C3=O)ccc1Cl)C(=O)N1CCN(c2nc(OCC3CCCN3C)nc3c2CCN(c2cccc4cccc(Cl)c24)C3)CC1.CC#N. The monoisotopic (exact) mass is 1080 g/mol. The number of hydrogen-bond donors (Lipinski definition) is 2. The van der Waals surface area contributed by atoms with Crippen molar-refractivity contribution in [1.29, 1.82) is 5.26 Å². The summed E-state index contributed by atoms with van der Waals surface area (Å²) in [6, 6.07) is 21.5. The third kappa shape index (κ3) is 11.3. The van der Waals surface area contributed by atoms with Crippen molar-refractivity contribution in [3.8, 4) is 17.8 Å². The summed E-state index contributed by atoms with van der Waals surface area (Å²) in [5.74, 6) is -6.68. The Kier molecular flexibility index (Phi) is 16.0. The maximum absolute atomic E-state index is 15.7. The number of imide groups is 1. The number of piperazine rings is 1. The van der Waals surface area contributed by atoms with Gasteiger partial charge in [-0.25, -0.2) is 0 Å². The first-order valence-corrected chi connectivity index (χ1v) is 25.8. The second-order valence-corrected chi connectivity index (χ2v) is 20.1. The van der Waals surface area contributed by atoms with E-state index in [0.717, 1.165) is 65.1 Å². The molecule has 1 aromatic heterocycles. The van der Waals surface area contributed by atoms with Crippen LogP contribution in [0.4, 0.5) is 20.3 Å².